The van der Waals surface area contributed by atoms with E-state index in [1.807, 2.05) is 12.4 Å². The Hall–Kier alpha value is -2.84. The van der Waals surface area contributed by atoms with Crippen molar-refractivity contribution in [3.05, 3.63) is 45.4 Å². The minimum absolute atomic E-state index is 0.333. The maximum Gasteiger partial charge on any atom is 0.194 e. The summed E-state index contributed by atoms with van der Waals surface area (Å²) in [6.07, 6.45) is 7.96. The van der Waals surface area contributed by atoms with Gasteiger partial charge in [0.15, 0.2) is 6.29 Å². The Morgan fingerprint density at radius 3 is 3.03 bits per heavy atom. The van der Waals surface area contributed by atoms with Crippen LogP contribution in [0.3, 0.4) is 0 Å². The van der Waals surface area contributed by atoms with E-state index >= 15 is 0 Å². The molecule has 162 valence electrons. The smallest absolute Gasteiger partial charge is 0.194 e. The third kappa shape index (κ3) is 4.05. The van der Waals surface area contributed by atoms with Crippen LogP contribution in [-0.2, 0) is 6.42 Å². The monoisotopic (exact) mass is 436 g/mol. The van der Waals surface area contributed by atoms with Gasteiger partial charge in [-0.2, -0.15) is 0 Å². The minimum atomic E-state index is -0.333. The molecule has 1 unspecified atom stereocenters. The molecule has 3 aliphatic rings. The van der Waals surface area contributed by atoms with Crippen molar-refractivity contribution in [2.45, 2.75) is 38.5 Å². The van der Waals surface area contributed by atoms with Gasteiger partial charge in [-0.05, 0) is 38.4 Å². The summed E-state index contributed by atoms with van der Waals surface area (Å²) >= 11 is 1.74. The molecule has 1 aromatic carbocycles. The number of aryl methyl sites for hydroxylation is 1. The van der Waals surface area contributed by atoms with Gasteiger partial charge in [-0.25, -0.2) is 4.99 Å². The fourth-order valence-corrected chi connectivity index (χ4v) is 5.43. The standard InChI is InChI=1S/C23H28N6OS/c1-14-20(18-4-2-3-15-7-10-30-22(15)18)21-19(31-14)13-27-23(29-21)28-17(11-24)12-26-16-5-8-25-9-6-16/h2-4,11-13,16,23-26,28-29H,5-10H2,1H3/b17-12+,24-11?. The van der Waals surface area contributed by atoms with Crippen molar-refractivity contribution in [2.24, 2.45) is 4.99 Å². The first-order valence-electron chi connectivity index (χ1n) is 10.8. The second kappa shape index (κ2) is 8.72. The number of nitrogens with one attached hydrogen (secondary N) is 5. The van der Waals surface area contributed by atoms with Gasteiger partial charge in [-0.1, -0.05) is 18.2 Å². The van der Waals surface area contributed by atoms with Gasteiger partial charge in [0.2, 0.25) is 0 Å². The van der Waals surface area contributed by atoms with Crippen molar-refractivity contribution in [3.8, 4) is 16.9 Å². The molecular weight excluding hydrogens is 408 g/mol. The number of piperidine rings is 1. The van der Waals surface area contributed by atoms with E-state index in [0.29, 0.717) is 11.7 Å². The largest absolute Gasteiger partial charge is 0.492 e. The summed E-state index contributed by atoms with van der Waals surface area (Å²) in [5.74, 6) is 1.01. The SMILES string of the molecule is Cc1sc2c(c1-c1cccc3c1OCC3)NC(N/C(C=N)=C/NC1CCNCC1)N=C2. The van der Waals surface area contributed by atoms with E-state index in [4.69, 9.17) is 10.1 Å². The van der Waals surface area contributed by atoms with Gasteiger partial charge in [0.25, 0.3) is 0 Å². The number of thiophene rings is 1. The van der Waals surface area contributed by atoms with E-state index in [1.54, 1.807) is 11.3 Å². The molecule has 1 aromatic heterocycles. The van der Waals surface area contributed by atoms with Gasteiger partial charge in [-0.3, -0.25) is 0 Å². The van der Waals surface area contributed by atoms with E-state index in [0.717, 1.165) is 60.8 Å². The Morgan fingerprint density at radius 2 is 2.19 bits per heavy atom. The first-order chi connectivity index (χ1) is 15.2. The molecule has 1 saturated heterocycles. The molecule has 31 heavy (non-hydrogen) atoms. The molecule has 1 fully saturated rings. The van der Waals surface area contributed by atoms with Gasteiger partial charge >= 0.3 is 0 Å². The zero-order valence-electron chi connectivity index (χ0n) is 17.6. The summed E-state index contributed by atoms with van der Waals surface area (Å²) in [7, 11) is 0. The lowest BCUT2D eigenvalue weighted by Crippen LogP contribution is -2.40. The molecule has 1 atom stereocenters. The summed E-state index contributed by atoms with van der Waals surface area (Å²) in [4.78, 5) is 6.98. The number of anilines is 1. The van der Waals surface area contributed by atoms with E-state index < -0.39 is 0 Å². The van der Waals surface area contributed by atoms with E-state index in [1.165, 1.54) is 22.2 Å². The van der Waals surface area contributed by atoms with Gasteiger partial charge in [0.1, 0.15) is 5.75 Å². The Morgan fingerprint density at radius 1 is 1.32 bits per heavy atom. The van der Waals surface area contributed by atoms with Crippen molar-refractivity contribution < 1.29 is 4.74 Å². The molecule has 5 rings (SSSR count). The second-order valence-electron chi connectivity index (χ2n) is 8.07. The lowest BCUT2D eigenvalue weighted by atomic mass is 10.00. The zero-order valence-corrected chi connectivity index (χ0v) is 18.4. The van der Waals surface area contributed by atoms with Crippen LogP contribution in [-0.4, -0.2) is 44.5 Å². The highest BCUT2D eigenvalue weighted by molar-refractivity contribution is 7.15. The fourth-order valence-electron chi connectivity index (χ4n) is 4.41. The normalized spacial score (nSPS) is 20.4. The van der Waals surface area contributed by atoms with Crippen LogP contribution in [0.2, 0.25) is 0 Å². The summed E-state index contributed by atoms with van der Waals surface area (Å²) in [6.45, 7) is 4.96. The van der Waals surface area contributed by atoms with Crippen LogP contribution in [0.15, 0.2) is 35.1 Å². The maximum absolute atomic E-state index is 7.80. The van der Waals surface area contributed by atoms with Crippen LogP contribution in [0.1, 0.15) is 28.2 Å². The van der Waals surface area contributed by atoms with Crippen molar-refractivity contribution in [1.82, 2.24) is 16.0 Å². The quantitative estimate of drug-likeness (QED) is 0.449. The number of para-hydroxylation sites is 1. The van der Waals surface area contributed by atoms with Crippen molar-refractivity contribution in [3.63, 3.8) is 0 Å². The fraction of sp³-hybridized carbons (Fsp3) is 0.391. The Kier molecular flexibility index (Phi) is 5.65. The molecule has 0 amide bonds. The predicted molar refractivity (Wildman–Crippen MR) is 128 cm³/mol. The molecule has 0 bridgehead atoms. The number of benzene rings is 1. The minimum Gasteiger partial charge on any atom is -0.492 e. The van der Waals surface area contributed by atoms with Gasteiger partial charge in [0.05, 0.1) is 22.9 Å². The summed E-state index contributed by atoms with van der Waals surface area (Å²) in [6, 6.07) is 6.84. The molecule has 8 heteroatoms. The molecule has 7 nitrogen and oxygen atoms in total. The van der Waals surface area contributed by atoms with Crippen molar-refractivity contribution in [1.29, 1.82) is 5.41 Å². The molecule has 2 aromatic rings. The number of aliphatic imine (C=N–C) groups is 1. The Bertz CT molecular complexity index is 1040. The highest BCUT2D eigenvalue weighted by Crippen LogP contribution is 2.46. The topological polar surface area (TPSA) is 93.6 Å². The van der Waals surface area contributed by atoms with Crippen LogP contribution >= 0.6 is 11.3 Å². The molecule has 0 radical (unpaired) electrons. The van der Waals surface area contributed by atoms with Crippen LogP contribution in [0.25, 0.3) is 11.1 Å². The summed E-state index contributed by atoms with van der Waals surface area (Å²) < 4.78 is 5.97. The average molecular weight is 437 g/mol. The summed E-state index contributed by atoms with van der Waals surface area (Å²) in [5.41, 5.74) is 5.38. The number of hydrogen-bond donors (Lipinski definition) is 5. The Balaban J connectivity index is 1.36. The van der Waals surface area contributed by atoms with Crippen LogP contribution in [0, 0.1) is 12.3 Å². The molecule has 0 spiro atoms. The van der Waals surface area contributed by atoms with E-state index in [-0.39, 0.29) is 6.29 Å². The number of allylic oxidation sites excluding steroid dienone is 1. The molecule has 3 aliphatic heterocycles. The second-order valence-corrected chi connectivity index (χ2v) is 9.33. The maximum atomic E-state index is 7.80. The van der Waals surface area contributed by atoms with Gasteiger partial charge < -0.3 is 31.4 Å². The van der Waals surface area contributed by atoms with Crippen molar-refractivity contribution in [2.75, 3.05) is 25.0 Å². The average Bonchev–Trinajstić information content (AvgIpc) is 3.40. The number of fused-ring (bicyclic) bond motifs is 2. The highest BCUT2D eigenvalue weighted by Gasteiger charge is 2.26. The molecule has 0 saturated carbocycles. The third-order valence-corrected chi connectivity index (χ3v) is 7.03. The number of rotatable bonds is 6. The predicted octanol–water partition coefficient (Wildman–Crippen LogP) is 3.21. The molecule has 5 N–H and O–H groups in total. The lowest BCUT2D eigenvalue weighted by molar-refractivity contribution is 0.358. The van der Waals surface area contributed by atoms with Gasteiger partial charge in [0, 0.05) is 47.1 Å². The van der Waals surface area contributed by atoms with Crippen molar-refractivity contribution >= 4 is 29.5 Å². The van der Waals surface area contributed by atoms with Crippen LogP contribution in [0.4, 0.5) is 5.69 Å². The zero-order chi connectivity index (χ0) is 21.2. The first kappa shape index (κ1) is 20.1. The highest BCUT2D eigenvalue weighted by atomic mass is 32.1. The van der Waals surface area contributed by atoms with Crippen LogP contribution < -0.4 is 26.0 Å². The van der Waals surface area contributed by atoms with E-state index in [9.17, 15) is 0 Å². The van der Waals surface area contributed by atoms with E-state index in [2.05, 4.69) is 51.4 Å². The third-order valence-electron chi connectivity index (χ3n) is 5.99. The van der Waals surface area contributed by atoms with Gasteiger partial charge in [-0.15, -0.1) is 11.3 Å². The number of ether oxygens (including phenoxy) is 1. The van der Waals surface area contributed by atoms with Crippen LogP contribution in [0.5, 0.6) is 5.75 Å². The molecule has 4 heterocycles. The lowest BCUT2D eigenvalue weighted by Gasteiger charge is -2.25. The molecular formula is C23H28N6OS. The summed E-state index contributed by atoms with van der Waals surface area (Å²) in [5, 5.41) is 21.5. The first-order valence-corrected chi connectivity index (χ1v) is 11.7. The molecule has 0 aliphatic carbocycles. The Labute approximate surface area is 186 Å². The number of hydrogen-bond acceptors (Lipinski definition) is 8. The number of nitrogens with zero attached hydrogens (tertiary/aromatic N) is 1.